The topological polar surface area (TPSA) is 133 Å². The minimum Gasteiger partial charge on any atom is -0.480 e. The number of aliphatic hydroxyl groups is 1. The summed E-state index contributed by atoms with van der Waals surface area (Å²) in [5, 5.41) is 20.6. The zero-order chi connectivity index (χ0) is 16.2. The summed E-state index contributed by atoms with van der Waals surface area (Å²) in [4.78, 5) is 21.6. The molecular weight excluding hydrogens is 300 g/mol. The number of hydrogen-bond acceptors (Lipinski definition) is 5. The average Bonchev–Trinajstić information content (AvgIpc) is 2.35. The molecule has 0 aliphatic heterocycles. The Kier molecular flexibility index (Phi) is 5.41. The second-order valence-electron chi connectivity index (χ2n) is 4.38. The van der Waals surface area contributed by atoms with Gasteiger partial charge in [-0.1, -0.05) is 0 Å². The van der Waals surface area contributed by atoms with Crippen LogP contribution >= 0.6 is 0 Å². The van der Waals surface area contributed by atoms with E-state index in [9.17, 15) is 23.1 Å². The predicted molar refractivity (Wildman–Crippen MR) is 74.2 cm³/mol. The van der Waals surface area contributed by atoms with E-state index >= 15 is 0 Å². The Bertz CT molecular complexity index is 624. The first-order valence-electron chi connectivity index (χ1n) is 5.94. The zero-order valence-electron chi connectivity index (χ0n) is 11.4. The molecule has 1 amide bonds. The summed E-state index contributed by atoms with van der Waals surface area (Å²) in [5.41, 5.74) is 0.409. The highest BCUT2D eigenvalue weighted by molar-refractivity contribution is 7.89. The van der Waals surface area contributed by atoms with Gasteiger partial charge in [0.05, 0.1) is 11.0 Å². The molecule has 2 atom stereocenters. The number of sulfonamides is 1. The molecule has 0 saturated carbocycles. The highest BCUT2D eigenvalue weighted by Gasteiger charge is 2.29. The minimum absolute atomic E-state index is 0.177. The molecule has 1 aromatic carbocycles. The molecule has 9 heteroatoms. The molecule has 0 aliphatic rings. The van der Waals surface area contributed by atoms with E-state index in [1.54, 1.807) is 0 Å². The van der Waals surface area contributed by atoms with E-state index in [0.29, 0.717) is 5.69 Å². The number of amides is 1. The van der Waals surface area contributed by atoms with Crippen LogP contribution in [0.4, 0.5) is 5.69 Å². The highest BCUT2D eigenvalue weighted by Crippen LogP contribution is 2.14. The van der Waals surface area contributed by atoms with E-state index in [4.69, 9.17) is 5.11 Å². The SMILES string of the molecule is CC(=O)Nc1ccc(S(=O)(=O)N[C@H](C(=O)O)C(C)O)cc1. The van der Waals surface area contributed by atoms with E-state index in [0.717, 1.165) is 0 Å². The van der Waals surface area contributed by atoms with Gasteiger partial charge in [-0.3, -0.25) is 9.59 Å². The largest absolute Gasteiger partial charge is 0.480 e. The van der Waals surface area contributed by atoms with Crippen LogP contribution in [0.25, 0.3) is 0 Å². The fraction of sp³-hybridized carbons (Fsp3) is 0.333. The Morgan fingerprint density at radius 3 is 2.10 bits per heavy atom. The Morgan fingerprint density at radius 2 is 1.71 bits per heavy atom. The summed E-state index contributed by atoms with van der Waals surface area (Å²) >= 11 is 0. The van der Waals surface area contributed by atoms with Gasteiger partial charge in [0.15, 0.2) is 0 Å². The average molecular weight is 316 g/mol. The summed E-state index contributed by atoms with van der Waals surface area (Å²) in [6, 6.07) is 3.52. The molecule has 0 spiro atoms. The summed E-state index contributed by atoms with van der Waals surface area (Å²) < 4.78 is 25.9. The number of rotatable bonds is 6. The van der Waals surface area contributed by atoms with E-state index in [1.165, 1.54) is 38.1 Å². The second kappa shape index (κ2) is 6.66. The first-order valence-corrected chi connectivity index (χ1v) is 7.42. The van der Waals surface area contributed by atoms with Crippen LogP contribution in [-0.2, 0) is 19.6 Å². The molecule has 21 heavy (non-hydrogen) atoms. The lowest BCUT2D eigenvalue weighted by Gasteiger charge is -2.17. The summed E-state index contributed by atoms with van der Waals surface area (Å²) in [6.07, 6.45) is -1.39. The van der Waals surface area contributed by atoms with Crippen molar-refractivity contribution in [2.75, 3.05) is 5.32 Å². The normalized spacial score (nSPS) is 14.2. The Balaban J connectivity index is 2.97. The summed E-state index contributed by atoms with van der Waals surface area (Å²) in [6.45, 7) is 2.48. The number of nitrogens with one attached hydrogen (secondary N) is 2. The van der Waals surface area contributed by atoms with Gasteiger partial charge in [-0.2, -0.15) is 4.72 Å². The first kappa shape index (κ1) is 17.1. The van der Waals surface area contributed by atoms with Gasteiger partial charge in [0.2, 0.25) is 15.9 Å². The van der Waals surface area contributed by atoms with Gasteiger partial charge < -0.3 is 15.5 Å². The summed E-state index contributed by atoms with van der Waals surface area (Å²) in [7, 11) is -4.10. The molecular formula is C12H16N2O6S. The molecule has 0 fully saturated rings. The van der Waals surface area contributed by atoms with E-state index < -0.39 is 28.1 Å². The molecule has 0 bridgehead atoms. The number of carbonyl (C=O) groups excluding carboxylic acids is 1. The number of carboxylic acids is 1. The van der Waals surface area contributed by atoms with Gasteiger partial charge in [0, 0.05) is 12.6 Å². The van der Waals surface area contributed by atoms with Crippen molar-refractivity contribution < 1.29 is 28.2 Å². The lowest BCUT2D eigenvalue weighted by Crippen LogP contribution is -2.47. The molecule has 0 radical (unpaired) electrons. The van der Waals surface area contributed by atoms with Crippen LogP contribution in [0.15, 0.2) is 29.2 Å². The van der Waals surface area contributed by atoms with Crippen molar-refractivity contribution >= 4 is 27.6 Å². The van der Waals surface area contributed by atoms with Crippen molar-refractivity contribution in [2.45, 2.75) is 30.9 Å². The Labute approximate surface area is 121 Å². The van der Waals surface area contributed by atoms with Gasteiger partial charge in [0.25, 0.3) is 0 Å². The molecule has 8 nitrogen and oxygen atoms in total. The second-order valence-corrected chi connectivity index (χ2v) is 6.10. The van der Waals surface area contributed by atoms with Gasteiger partial charge in [0.1, 0.15) is 6.04 Å². The van der Waals surface area contributed by atoms with E-state index in [1.807, 2.05) is 4.72 Å². The maximum atomic E-state index is 12.0. The van der Waals surface area contributed by atoms with Crippen molar-refractivity contribution in [1.82, 2.24) is 4.72 Å². The fourth-order valence-corrected chi connectivity index (χ4v) is 2.77. The zero-order valence-corrected chi connectivity index (χ0v) is 12.2. The number of carboxylic acid groups (broad SMARTS) is 1. The lowest BCUT2D eigenvalue weighted by molar-refractivity contribution is -0.141. The van der Waals surface area contributed by atoms with Crippen LogP contribution in [0.5, 0.6) is 0 Å². The van der Waals surface area contributed by atoms with Crippen molar-refractivity contribution in [3.63, 3.8) is 0 Å². The fourth-order valence-electron chi connectivity index (χ4n) is 1.51. The van der Waals surface area contributed by atoms with Crippen LogP contribution in [0.3, 0.4) is 0 Å². The molecule has 0 heterocycles. The molecule has 1 rings (SSSR count). The van der Waals surface area contributed by atoms with E-state index in [2.05, 4.69) is 5.32 Å². The molecule has 0 aliphatic carbocycles. The van der Waals surface area contributed by atoms with Crippen LogP contribution < -0.4 is 10.0 Å². The molecule has 116 valence electrons. The monoisotopic (exact) mass is 316 g/mol. The van der Waals surface area contributed by atoms with Crippen LogP contribution in [0, 0.1) is 0 Å². The van der Waals surface area contributed by atoms with Gasteiger partial charge in [-0.25, -0.2) is 8.42 Å². The first-order chi connectivity index (χ1) is 9.63. The van der Waals surface area contributed by atoms with Crippen LogP contribution in [0.2, 0.25) is 0 Å². The third kappa shape index (κ3) is 4.81. The summed E-state index contributed by atoms with van der Waals surface area (Å²) in [5.74, 6) is -1.78. The van der Waals surface area contributed by atoms with Crippen molar-refractivity contribution in [3.05, 3.63) is 24.3 Å². The van der Waals surface area contributed by atoms with Crippen LogP contribution in [0.1, 0.15) is 13.8 Å². The third-order valence-corrected chi connectivity index (χ3v) is 3.97. The number of aliphatic hydroxyl groups excluding tert-OH is 1. The maximum Gasteiger partial charge on any atom is 0.324 e. The maximum absolute atomic E-state index is 12.0. The molecule has 0 aromatic heterocycles. The van der Waals surface area contributed by atoms with Crippen molar-refractivity contribution in [1.29, 1.82) is 0 Å². The van der Waals surface area contributed by atoms with Crippen molar-refractivity contribution in [2.24, 2.45) is 0 Å². The number of aliphatic carboxylic acids is 1. The van der Waals surface area contributed by atoms with Crippen LogP contribution in [-0.4, -0.2) is 42.7 Å². The quantitative estimate of drug-likeness (QED) is 0.572. The number of carbonyl (C=O) groups is 2. The smallest absolute Gasteiger partial charge is 0.324 e. The lowest BCUT2D eigenvalue weighted by atomic mass is 10.2. The molecule has 0 saturated heterocycles. The van der Waals surface area contributed by atoms with E-state index in [-0.39, 0.29) is 10.8 Å². The highest BCUT2D eigenvalue weighted by atomic mass is 32.2. The molecule has 4 N–H and O–H groups in total. The Hall–Kier alpha value is -1.97. The number of anilines is 1. The molecule has 1 aromatic rings. The van der Waals surface area contributed by atoms with Gasteiger partial charge in [-0.15, -0.1) is 0 Å². The van der Waals surface area contributed by atoms with Gasteiger partial charge >= 0.3 is 5.97 Å². The Morgan fingerprint density at radius 1 is 1.19 bits per heavy atom. The standard InChI is InChI=1S/C12H16N2O6S/c1-7(15)11(12(17)18)14-21(19,20)10-5-3-9(4-6-10)13-8(2)16/h3-7,11,14-15H,1-2H3,(H,13,16)(H,17,18)/t7?,11-/m0/s1. The van der Waals surface area contributed by atoms with Gasteiger partial charge in [-0.05, 0) is 31.2 Å². The minimum atomic E-state index is -4.10. The number of benzene rings is 1. The predicted octanol–water partition coefficient (Wildman–Crippen LogP) is -0.243. The third-order valence-electron chi connectivity index (χ3n) is 2.52. The number of hydrogen-bond donors (Lipinski definition) is 4. The van der Waals surface area contributed by atoms with Crippen molar-refractivity contribution in [3.8, 4) is 0 Å². The molecule has 1 unspecified atom stereocenters.